The van der Waals surface area contributed by atoms with Crippen molar-refractivity contribution < 1.29 is 9.53 Å². The van der Waals surface area contributed by atoms with E-state index < -0.39 is 0 Å². The van der Waals surface area contributed by atoms with Crippen LogP contribution in [0.2, 0.25) is 0 Å². The van der Waals surface area contributed by atoms with Crippen LogP contribution in [-0.2, 0) is 9.53 Å². The van der Waals surface area contributed by atoms with Crippen molar-refractivity contribution in [1.29, 1.82) is 0 Å². The Morgan fingerprint density at radius 2 is 1.33 bits per heavy atom. The first-order chi connectivity index (χ1) is 14.6. The molecule has 3 nitrogen and oxygen atoms in total. The van der Waals surface area contributed by atoms with E-state index in [1.165, 1.54) is 77.0 Å². The summed E-state index contributed by atoms with van der Waals surface area (Å²) in [5.74, 6) is 1.36. The minimum absolute atomic E-state index is 0.259. The van der Waals surface area contributed by atoms with Crippen LogP contribution in [0.3, 0.4) is 0 Å². The number of rotatable bonds is 18. The summed E-state index contributed by atoms with van der Waals surface area (Å²) in [7, 11) is 0. The topological polar surface area (TPSA) is 29.5 Å². The normalized spacial score (nSPS) is 17.3. The third kappa shape index (κ3) is 12.3. The Hall–Kier alpha value is -0.570. The highest BCUT2D eigenvalue weighted by Gasteiger charge is 2.28. The lowest BCUT2D eigenvalue weighted by Gasteiger charge is -2.34. The molecule has 30 heavy (non-hydrogen) atoms. The molecule has 3 heteroatoms. The van der Waals surface area contributed by atoms with Gasteiger partial charge in [0.2, 0.25) is 5.91 Å². The van der Waals surface area contributed by atoms with Gasteiger partial charge in [-0.05, 0) is 38.0 Å². The summed E-state index contributed by atoms with van der Waals surface area (Å²) >= 11 is 0. The zero-order chi connectivity index (χ0) is 22.0. The van der Waals surface area contributed by atoms with E-state index in [0.717, 1.165) is 45.4 Å². The van der Waals surface area contributed by atoms with Crippen molar-refractivity contribution in [3.63, 3.8) is 0 Å². The van der Waals surface area contributed by atoms with Crippen molar-refractivity contribution in [2.24, 2.45) is 11.8 Å². The molecule has 0 aromatic rings. The number of ether oxygens (including phenoxy) is 1. The van der Waals surface area contributed by atoms with E-state index in [1.807, 2.05) is 0 Å². The Bertz CT molecular complexity index is 404. The maximum absolute atomic E-state index is 13.3. The molecule has 2 atom stereocenters. The Labute approximate surface area is 188 Å². The predicted molar refractivity (Wildman–Crippen MR) is 130 cm³/mol. The molecule has 0 N–H and O–H groups in total. The third-order valence-corrected chi connectivity index (χ3v) is 6.83. The van der Waals surface area contributed by atoms with Crippen LogP contribution in [0.1, 0.15) is 130 Å². The summed E-state index contributed by atoms with van der Waals surface area (Å²) in [4.78, 5) is 15.4. The number of hydrogen-bond acceptors (Lipinski definition) is 2. The fraction of sp³-hybridized carbons (Fsp3) is 0.963. The minimum Gasteiger partial charge on any atom is -0.378 e. The molecule has 0 aromatic carbocycles. The van der Waals surface area contributed by atoms with Crippen molar-refractivity contribution in [3.8, 4) is 0 Å². The third-order valence-electron chi connectivity index (χ3n) is 6.83. The molecular weight excluding hydrogens is 370 g/mol. The quantitative estimate of drug-likeness (QED) is 0.211. The highest BCUT2D eigenvalue weighted by Crippen LogP contribution is 2.24. The summed E-state index contributed by atoms with van der Waals surface area (Å²) in [6.07, 6.45) is 19.9. The van der Waals surface area contributed by atoms with Gasteiger partial charge in [0.1, 0.15) is 0 Å². The fourth-order valence-corrected chi connectivity index (χ4v) is 4.64. The number of nitrogens with zero attached hydrogens (tertiary/aromatic N) is 1. The zero-order valence-electron chi connectivity index (χ0n) is 20.9. The van der Waals surface area contributed by atoms with E-state index in [0.29, 0.717) is 17.9 Å². The van der Waals surface area contributed by atoms with Gasteiger partial charge in [0.15, 0.2) is 0 Å². The summed E-state index contributed by atoms with van der Waals surface area (Å²) in [5, 5.41) is 0. The van der Waals surface area contributed by atoms with Crippen molar-refractivity contribution in [3.05, 3.63) is 0 Å². The van der Waals surface area contributed by atoms with E-state index in [1.54, 1.807) is 0 Å². The molecule has 1 aliphatic heterocycles. The average molecular weight is 424 g/mol. The molecule has 0 bridgehead atoms. The second-order valence-corrected chi connectivity index (χ2v) is 9.85. The monoisotopic (exact) mass is 423 g/mol. The molecule has 1 aliphatic rings. The van der Waals surface area contributed by atoms with Crippen molar-refractivity contribution in [2.75, 3.05) is 19.7 Å². The van der Waals surface area contributed by atoms with Gasteiger partial charge in [0, 0.05) is 25.6 Å². The summed E-state index contributed by atoms with van der Waals surface area (Å²) in [6, 6.07) is 0. The van der Waals surface area contributed by atoms with Gasteiger partial charge in [-0.2, -0.15) is 0 Å². The first-order valence-electron chi connectivity index (χ1n) is 13.5. The molecule has 1 fully saturated rings. The molecule has 1 rings (SSSR count). The minimum atomic E-state index is 0.259. The van der Waals surface area contributed by atoms with E-state index in [9.17, 15) is 4.79 Å². The number of likely N-dealkylation sites (tertiary alicyclic amines) is 1. The molecule has 0 aliphatic carbocycles. The standard InChI is InChI=1S/C27H53NO2/c1-5-8-11-13-15-18-25(17-14-12-9-6-2)27(29)28-21-19-26(20-22-28)30-23-24(4)16-10-7-3/h24-26H,5-23H2,1-4H3. The molecule has 1 saturated heterocycles. The lowest BCUT2D eigenvalue weighted by atomic mass is 9.92. The average Bonchev–Trinajstić information content (AvgIpc) is 2.77. The smallest absolute Gasteiger partial charge is 0.225 e. The molecule has 178 valence electrons. The van der Waals surface area contributed by atoms with E-state index in [2.05, 4.69) is 32.6 Å². The van der Waals surface area contributed by atoms with E-state index >= 15 is 0 Å². The van der Waals surface area contributed by atoms with E-state index in [-0.39, 0.29) is 5.92 Å². The summed E-state index contributed by atoms with van der Waals surface area (Å²) in [5.41, 5.74) is 0. The number of carbonyl (C=O) groups is 1. The molecule has 0 aromatic heterocycles. The van der Waals surface area contributed by atoms with Crippen molar-refractivity contribution in [1.82, 2.24) is 4.90 Å². The van der Waals surface area contributed by atoms with Crippen LogP contribution in [0, 0.1) is 11.8 Å². The summed E-state index contributed by atoms with van der Waals surface area (Å²) < 4.78 is 6.19. The van der Waals surface area contributed by atoms with Crippen LogP contribution in [-0.4, -0.2) is 36.6 Å². The first-order valence-corrected chi connectivity index (χ1v) is 13.5. The molecule has 1 heterocycles. The SMILES string of the molecule is CCCCCCCC(CCCCCC)C(=O)N1CCC(OCC(C)CCCC)CC1. The van der Waals surface area contributed by atoms with Crippen LogP contribution in [0.25, 0.3) is 0 Å². The Morgan fingerprint density at radius 3 is 1.90 bits per heavy atom. The van der Waals surface area contributed by atoms with Gasteiger partial charge in [-0.25, -0.2) is 0 Å². The van der Waals surface area contributed by atoms with Crippen LogP contribution in [0.15, 0.2) is 0 Å². The molecule has 0 radical (unpaired) electrons. The molecular formula is C27H53NO2. The van der Waals surface area contributed by atoms with Gasteiger partial charge in [-0.1, -0.05) is 98.3 Å². The fourth-order valence-electron chi connectivity index (χ4n) is 4.64. The number of amides is 1. The van der Waals surface area contributed by atoms with Gasteiger partial charge in [0.25, 0.3) is 0 Å². The van der Waals surface area contributed by atoms with Crippen LogP contribution < -0.4 is 0 Å². The Morgan fingerprint density at radius 1 is 0.800 bits per heavy atom. The predicted octanol–water partition coefficient (Wildman–Crippen LogP) is 7.77. The van der Waals surface area contributed by atoms with Crippen LogP contribution in [0.4, 0.5) is 0 Å². The van der Waals surface area contributed by atoms with Crippen LogP contribution >= 0.6 is 0 Å². The summed E-state index contributed by atoms with van der Waals surface area (Å²) in [6.45, 7) is 11.8. The van der Waals surface area contributed by atoms with Crippen LogP contribution in [0.5, 0.6) is 0 Å². The van der Waals surface area contributed by atoms with Gasteiger partial charge in [-0.3, -0.25) is 4.79 Å². The van der Waals surface area contributed by atoms with Crippen molar-refractivity contribution in [2.45, 2.75) is 137 Å². The maximum Gasteiger partial charge on any atom is 0.225 e. The largest absolute Gasteiger partial charge is 0.378 e. The molecule has 1 amide bonds. The number of hydrogen-bond donors (Lipinski definition) is 0. The van der Waals surface area contributed by atoms with Gasteiger partial charge in [-0.15, -0.1) is 0 Å². The molecule has 2 unspecified atom stereocenters. The lowest BCUT2D eigenvalue weighted by Crippen LogP contribution is -2.44. The Kier molecular flexibility index (Phi) is 16.5. The van der Waals surface area contributed by atoms with Gasteiger partial charge in [0.05, 0.1) is 6.10 Å². The number of piperidine rings is 1. The van der Waals surface area contributed by atoms with Gasteiger partial charge >= 0.3 is 0 Å². The highest BCUT2D eigenvalue weighted by atomic mass is 16.5. The zero-order valence-corrected chi connectivity index (χ0v) is 20.9. The highest BCUT2D eigenvalue weighted by molar-refractivity contribution is 5.78. The second kappa shape index (κ2) is 18.0. The molecule has 0 spiro atoms. The Balaban J connectivity index is 2.38. The first kappa shape index (κ1) is 27.5. The van der Waals surface area contributed by atoms with Crippen molar-refractivity contribution >= 4 is 5.91 Å². The molecule has 0 saturated carbocycles. The number of carbonyl (C=O) groups excluding carboxylic acids is 1. The van der Waals surface area contributed by atoms with Gasteiger partial charge < -0.3 is 9.64 Å². The maximum atomic E-state index is 13.3. The van der Waals surface area contributed by atoms with E-state index in [4.69, 9.17) is 4.74 Å². The second-order valence-electron chi connectivity index (χ2n) is 9.85. The number of unbranched alkanes of at least 4 members (excludes halogenated alkanes) is 8. The lowest BCUT2D eigenvalue weighted by molar-refractivity contribution is -0.139.